The van der Waals surface area contributed by atoms with Crippen molar-refractivity contribution in [3.05, 3.63) is 33.4 Å². The first-order chi connectivity index (χ1) is 11.8. The molecule has 2 aliphatic rings. The van der Waals surface area contributed by atoms with Crippen LogP contribution >= 0.6 is 0 Å². The highest BCUT2D eigenvalue weighted by Crippen LogP contribution is 2.30. The van der Waals surface area contributed by atoms with Crippen LogP contribution in [0.1, 0.15) is 17.5 Å². The van der Waals surface area contributed by atoms with Gasteiger partial charge in [0.2, 0.25) is 10.0 Å². The predicted molar refractivity (Wildman–Crippen MR) is 94.2 cm³/mol. The summed E-state index contributed by atoms with van der Waals surface area (Å²) in [4.78, 5) is 13.0. The van der Waals surface area contributed by atoms with Crippen LogP contribution in [0.25, 0.3) is 0 Å². The fourth-order valence-corrected chi connectivity index (χ4v) is 5.41. The van der Waals surface area contributed by atoms with Gasteiger partial charge in [0.05, 0.1) is 9.82 Å². The predicted octanol–water partition coefficient (Wildman–Crippen LogP) is 0.880. The third-order valence-corrected chi connectivity index (χ3v) is 7.22. The Morgan fingerprint density at radius 3 is 2.52 bits per heavy atom. The van der Waals surface area contributed by atoms with E-state index < -0.39 is 14.9 Å². The topological polar surface area (TPSA) is 95.8 Å². The van der Waals surface area contributed by atoms with Crippen molar-refractivity contribution in [2.45, 2.75) is 31.2 Å². The lowest BCUT2D eigenvalue weighted by Gasteiger charge is -2.32. The first-order valence-electron chi connectivity index (χ1n) is 8.51. The molecule has 2 heterocycles. The van der Waals surface area contributed by atoms with Gasteiger partial charge in [0.15, 0.2) is 0 Å². The quantitative estimate of drug-likeness (QED) is 0.626. The van der Waals surface area contributed by atoms with Gasteiger partial charge in [-0.2, -0.15) is 4.31 Å². The summed E-state index contributed by atoms with van der Waals surface area (Å²) >= 11 is 0. The molecule has 1 atom stereocenters. The Balaban J connectivity index is 1.86. The van der Waals surface area contributed by atoms with Crippen LogP contribution in [0.3, 0.4) is 0 Å². The Hall–Kier alpha value is -1.55. The number of piperazine rings is 1. The fraction of sp³-hybridized carbons (Fsp3) is 0.625. The van der Waals surface area contributed by atoms with Crippen LogP contribution in [0.4, 0.5) is 5.69 Å². The largest absolute Gasteiger partial charge is 0.314 e. The van der Waals surface area contributed by atoms with E-state index in [4.69, 9.17) is 0 Å². The van der Waals surface area contributed by atoms with Crippen molar-refractivity contribution in [3.63, 3.8) is 0 Å². The fourth-order valence-electron chi connectivity index (χ4n) is 3.60. The van der Waals surface area contributed by atoms with E-state index in [0.717, 1.165) is 32.6 Å². The summed E-state index contributed by atoms with van der Waals surface area (Å²) in [6, 6.07) is 2.83. The van der Waals surface area contributed by atoms with Crippen molar-refractivity contribution < 1.29 is 13.3 Å². The molecule has 138 valence electrons. The molecule has 25 heavy (non-hydrogen) atoms. The SMILES string of the molecule is Cc1cc([N+](=O)[O-])cc(S(=O)(=O)N2CCC(N3CCNCC3)C2)c1C. The van der Waals surface area contributed by atoms with Crippen LogP contribution in [0, 0.1) is 24.0 Å². The van der Waals surface area contributed by atoms with Gasteiger partial charge in [-0.25, -0.2) is 8.42 Å². The van der Waals surface area contributed by atoms with Gasteiger partial charge >= 0.3 is 0 Å². The number of nitro groups is 1. The number of nitro benzene ring substituents is 1. The molecule has 0 aliphatic carbocycles. The third kappa shape index (κ3) is 3.55. The molecule has 0 aromatic heterocycles. The zero-order chi connectivity index (χ0) is 18.2. The van der Waals surface area contributed by atoms with E-state index in [2.05, 4.69) is 10.2 Å². The first kappa shape index (κ1) is 18.2. The first-order valence-corrected chi connectivity index (χ1v) is 9.95. The Morgan fingerprint density at radius 1 is 1.20 bits per heavy atom. The lowest BCUT2D eigenvalue weighted by atomic mass is 10.1. The summed E-state index contributed by atoms with van der Waals surface area (Å²) in [7, 11) is -3.73. The molecule has 9 heteroatoms. The molecular weight excluding hydrogens is 344 g/mol. The average molecular weight is 368 g/mol. The zero-order valence-corrected chi connectivity index (χ0v) is 15.4. The normalized spacial score (nSPS) is 23.0. The molecule has 3 rings (SSSR count). The molecule has 2 saturated heterocycles. The van der Waals surface area contributed by atoms with Crippen LogP contribution in [-0.4, -0.2) is 67.9 Å². The van der Waals surface area contributed by atoms with Crippen LogP contribution < -0.4 is 5.32 Å². The van der Waals surface area contributed by atoms with Crippen molar-refractivity contribution in [2.24, 2.45) is 0 Å². The lowest BCUT2D eigenvalue weighted by molar-refractivity contribution is -0.385. The van der Waals surface area contributed by atoms with Gasteiger partial charge in [-0.15, -0.1) is 0 Å². The molecule has 0 amide bonds. The molecule has 0 spiro atoms. The molecule has 0 bridgehead atoms. The number of hydrogen-bond acceptors (Lipinski definition) is 6. The molecule has 1 unspecified atom stereocenters. The lowest BCUT2D eigenvalue weighted by Crippen LogP contribution is -2.49. The molecule has 2 fully saturated rings. The Bertz CT molecular complexity index is 775. The maximum absolute atomic E-state index is 13.1. The van der Waals surface area contributed by atoms with Crippen molar-refractivity contribution in [1.82, 2.24) is 14.5 Å². The van der Waals surface area contributed by atoms with E-state index >= 15 is 0 Å². The number of sulfonamides is 1. The molecular formula is C16H24N4O4S. The van der Waals surface area contributed by atoms with Gasteiger partial charge < -0.3 is 5.32 Å². The van der Waals surface area contributed by atoms with Crippen molar-refractivity contribution in [3.8, 4) is 0 Å². The second kappa shape index (κ2) is 6.99. The third-order valence-electron chi connectivity index (χ3n) is 5.23. The Morgan fingerprint density at radius 2 is 1.88 bits per heavy atom. The van der Waals surface area contributed by atoms with Crippen molar-refractivity contribution in [2.75, 3.05) is 39.3 Å². The van der Waals surface area contributed by atoms with E-state index in [0.29, 0.717) is 24.2 Å². The summed E-state index contributed by atoms with van der Waals surface area (Å²) in [6.07, 6.45) is 0.798. The summed E-state index contributed by atoms with van der Waals surface area (Å²) < 4.78 is 27.6. The van der Waals surface area contributed by atoms with E-state index in [-0.39, 0.29) is 16.6 Å². The maximum Gasteiger partial charge on any atom is 0.271 e. The second-order valence-electron chi connectivity index (χ2n) is 6.73. The van der Waals surface area contributed by atoms with Crippen molar-refractivity contribution in [1.29, 1.82) is 0 Å². The number of nitrogens with one attached hydrogen (secondary N) is 1. The van der Waals surface area contributed by atoms with E-state index in [1.807, 2.05) is 0 Å². The standard InChI is InChI=1S/C16H24N4O4S/c1-12-9-15(20(21)22)10-16(13(12)2)25(23,24)19-6-3-14(11-19)18-7-4-17-5-8-18/h9-10,14,17H,3-8,11H2,1-2H3. The average Bonchev–Trinajstić information content (AvgIpc) is 3.08. The highest BCUT2D eigenvalue weighted by Gasteiger charge is 2.37. The van der Waals surface area contributed by atoms with Gasteiger partial charge in [-0.3, -0.25) is 15.0 Å². The van der Waals surface area contributed by atoms with Gasteiger partial charge in [0.1, 0.15) is 0 Å². The summed E-state index contributed by atoms with van der Waals surface area (Å²) in [5.41, 5.74) is 1.02. The maximum atomic E-state index is 13.1. The highest BCUT2D eigenvalue weighted by atomic mass is 32.2. The number of benzene rings is 1. The zero-order valence-electron chi connectivity index (χ0n) is 14.6. The van der Waals surface area contributed by atoms with Crippen LogP contribution in [0.2, 0.25) is 0 Å². The smallest absolute Gasteiger partial charge is 0.271 e. The number of nitrogens with zero attached hydrogens (tertiary/aromatic N) is 3. The second-order valence-corrected chi connectivity index (χ2v) is 8.64. The van der Waals surface area contributed by atoms with Crippen LogP contribution in [-0.2, 0) is 10.0 Å². The molecule has 8 nitrogen and oxygen atoms in total. The molecule has 1 aromatic carbocycles. The van der Waals surface area contributed by atoms with Gasteiger partial charge in [0.25, 0.3) is 5.69 Å². The van der Waals surface area contributed by atoms with Crippen LogP contribution in [0.5, 0.6) is 0 Å². The summed E-state index contributed by atoms with van der Waals surface area (Å²) in [5.74, 6) is 0. The number of hydrogen-bond donors (Lipinski definition) is 1. The van der Waals surface area contributed by atoms with Gasteiger partial charge in [0, 0.05) is 57.4 Å². The molecule has 0 saturated carbocycles. The van der Waals surface area contributed by atoms with E-state index in [1.54, 1.807) is 13.8 Å². The minimum Gasteiger partial charge on any atom is -0.314 e. The Kier molecular flexibility index (Phi) is 5.10. The number of non-ortho nitro benzene ring substituents is 1. The van der Waals surface area contributed by atoms with E-state index in [1.165, 1.54) is 16.4 Å². The van der Waals surface area contributed by atoms with E-state index in [9.17, 15) is 18.5 Å². The number of rotatable bonds is 4. The molecule has 1 aromatic rings. The molecule has 1 N–H and O–H groups in total. The van der Waals surface area contributed by atoms with Gasteiger partial charge in [-0.05, 0) is 31.4 Å². The summed E-state index contributed by atoms with van der Waals surface area (Å²) in [5, 5.41) is 14.4. The highest BCUT2D eigenvalue weighted by molar-refractivity contribution is 7.89. The Labute approximate surface area is 148 Å². The monoisotopic (exact) mass is 368 g/mol. The molecule has 2 aliphatic heterocycles. The van der Waals surface area contributed by atoms with Crippen molar-refractivity contribution >= 4 is 15.7 Å². The van der Waals surface area contributed by atoms with Gasteiger partial charge in [-0.1, -0.05) is 0 Å². The summed E-state index contributed by atoms with van der Waals surface area (Å²) in [6.45, 7) is 8.01. The minimum absolute atomic E-state index is 0.0557. The minimum atomic E-state index is -3.73. The molecule has 0 radical (unpaired) electrons. The van der Waals surface area contributed by atoms with Crippen LogP contribution in [0.15, 0.2) is 17.0 Å². The number of aryl methyl sites for hydroxylation is 1.